The van der Waals surface area contributed by atoms with Crippen LogP contribution in [0, 0.1) is 11.5 Å². The first-order chi connectivity index (χ1) is 3.68. The molecule has 0 bridgehead atoms. The highest BCUT2D eigenvalue weighted by atomic mass is 14.7. The van der Waals surface area contributed by atoms with E-state index >= 15 is 0 Å². The lowest BCUT2D eigenvalue weighted by atomic mass is 10.2. The zero-order valence-corrected chi connectivity index (χ0v) is 5.10. The number of nitrogens with zero attached hydrogens (tertiary/aromatic N) is 2. The van der Waals surface area contributed by atoms with Gasteiger partial charge in [0.25, 0.3) is 0 Å². The first kappa shape index (κ1) is 6.90. The van der Waals surface area contributed by atoms with Gasteiger partial charge in [0, 0.05) is 0 Å². The Labute approximate surface area is 49.2 Å². The number of hydrogen-bond acceptors (Lipinski definition) is 2. The molecular formula is C6H8N2. The number of allylic oxidation sites excluding steroid dienone is 1. The van der Waals surface area contributed by atoms with Crippen LogP contribution in [0.3, 0.4) is 0 Å². The number of nitriles is 1. The summed E-state index contributed by atoms with van der Waals surface area (Å²) in [7, 11) is 0. The molecule has 2 nitrogen and oxygen atoms in total. The van der Waals surface area contributed by atoms with E-state index in [0.29, 0.717) is 5.71 Å². The third kappa shape index (κ3) is 2.14. The molecule has 0 aliphatic carbocycles. The van der Waals surface area contributed by atoms with Crippen molar-refractivity contribution < 1.29 is 0 Å². The van der Waals surface area contributed by atoms with E-state index in [1.807, 2.05) is 6.92 Å². The lowest BCUT2D eigenvalue weighted by Crippen LogP contribution is -1.88. The predicted octanol–water partition coefficient (Wildman–Crippen LogP) is 1.50. The molecule has 0 aliphatic heterocycles. The van der Waals surface area contributed by atoms with E-state index < -0.39 is 0 Å². The lowest BCUT2D eigenvalue weighted by molar-refractivity contribution is 1.41. The fourth-order valence-electron chi connectivity index (χ4n) is 0.170. The van der Waals surface area contributed by atoms with Gasteiger partial charge in [-0.05, 0) is 19.4 Å². The smallest absolute Gasteiger partial charge is 0.178 e. The van der Waals surface area contributed by atoms with Crippen molar-refractivity contribution in [2.24, 2.45) is 4.99 Å². The van der Waals surface area contributed by atoms with Crippen molar-refractivity contribution in [2.45, 2.75) is 13.8 Å². The first-order valence-electron chi connectivity index (χ1n) is 2.27. The van der Waals surface area contributed by atoms with Gasteiger partial charge in [-0.25, -0.2) is 0 Å². The number of rotatable bonds is 1. The van der Waals surface area contributed by atoms with E-state index in [9.17, 15) is 0 Å². The molecule has 0 aromatic heterocycles. The fourth-order valence-corrected chi connectivity index (χ4v) is 0.170. The summed E-state index contributed by atoms with van der Waals surface area (Å²) in [4.78, 5) is 3.45. The van der Waals surface area contributed by atoms with Crippen molar-refractivity contribution in [2.75, 3.05) is 0 Å². The molecule has 0 saturated carbocycles. The Hall–Kier alpha value is -1.10. The Morgan fingerprint density at radius 2 is 2.12 bits per heavy atom. The van der Waals surface area contributed by atoms with Crippen molar-refractivity contribution in [3.05, 3.63) is 12.2 Å². The summed E-state index contributed by atoms with van der Waals surface area (Å²) >= 11 is 0. The molecule has 0 aromatic carbocycles. The molecule has 0 amide bonds. The summed E-state index contributed by atoms with van der Waals surface area (Å²) < 4.78 is 0. The van der Waals surface area contributed by atoms with Gasteiger partial charge in [0.05, 0.1) is 5.71 Å². The van der Waals surface area contributed by atoms with Gasteiger partial charge in [0.2, 0.25) is 6.19 Å². The Kier molecular flexibility index (Phi) is 2.57. The Bertz CT molecular complexity index is 160. The van der Waals surface area contributed by atoms with E-state index in [0.717, 1.165) is 5.57 Å². The zero-order chi connectivity index (χ0) is 6.57. The van der Waals surface area contributed by atoms with E-state index in [1.54, 1.807) is 13.1 Å². The molecule has 0 spiro atoms. The SMILES string of the molecule is C=C(C)C(C)=NC#N. The molecule has 0 aliphatic rings. The molecule has 0 unspecified atom stereocenters. The molecular weight excluding hydrogens is 100 g/mol. The molecule has 0 N–H and O–H groups in total. The molecule has 0 radical (unpaired) electrons. The van der Waals surface area contributed by atoms with Crippen LogP contribution in [0.2, 0.25) is 0 Å². The van der Waals surface area contributed by atoms with Gasteiger partial charge in [-0.15, -0.1) is 0 Å². The second kappa shape index (κ2) is 2.98. The van der Waals surface area contributed by atoms with Crippen molar-refractivity contribution in [3.8, 4) is 6.19 Å². The van der Waals surface area contributed by atoms with Crippen LogP contribution in [-0.2, 0) is 0 Å². The quantitative estimate of drug-likeness (QED) is 0.370. The predicted molar refractivity (Wildman–Crippen MR) is 33.5 cm³/mol. The van der Waals surface area contributed by atoms with Crippen LogP contribution in [0.15, 0.2) is 17.1 Å². The summed E-state index contributed by atoms with van der Waals surface area (Å²) in [5, 5.41) is 8.01. The summed E-state index contributed by atoms with van der Waals surface area (Å²) in [5.41, 5.74) is 1.54. The van der Waals surface area contributed by atoms with Crippen LogP contribution in [0.4, 0.5) is 0 Å². The van der Waals surface area contributed by atoms with Crippen LogP contribution in [0.1, 0.15) is 13.8 Å². The molecule has 0 fully saturated rings. The summed E-state index contributed by atoms with van der Waals surface area (Å²) in [5.74, 6) is 0. The van der Waals surface area contributed by atoms with Crippen LogP contribution in [-0.4, -0.2) is 5.71 Å². The molecule has 0 aromatic rings. The van der Waals surface area contributed by atoms with Gasteiger partial charge < -0.3 is 0 Å². The monoisotopic (exact) mass is 108 g/mol. The third-order valence-corrected chi connectivity index (χ3v) is 0.835. The average molecular weight is 108 g/mol. The highest BCUT2D eigenvalue weighted by Gasteiger charge is 1.86. The second-order valence-electron chi connectivity index (χ2n) is 1.58. The van der Waals surface area contributed by atoms with Crippen molar-refractivity contribution >= 4 is 5.71 Å². The normalized spacial score (nSPS) is 10.4. The van der Waals surface area contributed by atoms with Crippen molar-refractivity contribution in [1.82, 2.24) is 0 Å². The van der Waals surface area contributed by atoms with Crippen molar-refractivity contribution in [3.63, 3.8) is 0 Å². The van der Waals surface area contributed by atoms with Gasteiger partial charge >= 0.3 is 0 Å². The maximum Gasteiger partial charge on any atom is 0.205 e. The van der Waals surface area contributed by atoms with Gasteiger partial charge in [0.15, 0.2) is 0 Å². The molecule has 42 valence electrons. The Morgan fingerprint density at radius 3 is 2.25 bits per heavy atom. The van der Waals surface area contributed by atoms with E-state index in [-0.39, 0.29) is 0 Å². The molecule has 0 heterocycles. The third-order valence-electron chi connectivity index (χ3n) is 0.835. The summed E-state index contributed by atoms with van der Waals surface area (Å²) in [6.07, 6.45) is 1.68. The highest BCUT2D eigenvalue weighted by Crippen LogP contribution is 1.89. The van der Waals surface area contributed by atoms with Crippen LogP contribution >= 0.6 is 0 Å². The molecule has 0 atom stereocenters. The topological polar surface area (TPSA) is 36.1 Å². The van der Waals surface area contributed by atoms with Crippen LogP contribution in [0.25, 0.3) is 0 Å². The van der Waals surface area contributed by atoms with Crippen LogP contribution in [0.5, 0.6) is 0 Å². The fraction of sp³-hybridized carbons (Fsp3) is 0.333. The minimum atomic E-state index is 0.701. The summed E-state index contributed by atoms with van der Waals surface area (Å²) in [6.45, 7) is 7.16. The average Bonchev–Trinajstić information content (AvgIpc) is 1.67. The Balaban J connectivity index is 4.06. The van der Waals surface area contributed by atoms with Gasteiger partial charge in [0.1, 0.15) is 0 Å². The lowest BCUT2D eigenvalue weighted by Gasteiger charge is -1.88. The summed E-state index contributed by atoms with van der Waals surface area (Å²) in [6, 6.07) is 0. The van der Waals surface area contributed by atoms with E-state index in [1.165, 1.54) is 0 Å². The van der Waals surface area contributed by atoms with Gasteiger partial charge in [-0.1, -0.05) is 6.58 Å². The van der Waals surface area contributed by atoms with E-state index in [4.69, 9.17) is 5.26 Å². The minimum absolute atomic E-state index is 0.701. The van der Waals surface area contributed by atoms with Gasteiger partial charge in [-0.2, -0.15) is 10.3 Å². The molecule has 2 heteroatoms. The largest absolute Gasteiger partial charge is 0.205 e. The maximum absolute atomic E-state index is 8.01. The zero-order valence-electron chi connectivity index (χ0n) is 5.10. The standard InChI is InChI=1S/C6H8N2/c1-5(2)6(3)8-4-7/h1H2,2-3H3. The van der Waals surface area contributed by atoms with Gasteiger partial charge in [-0.3, -0.25) is 0 Å². The second-order valence-corrected chi connectivity index (χ2v) is 1.58. The van der Waals surface area contributed by atoms with Crippen LogP contribution < -0.4 is 0 Å². The maximum atomic E-state index is 8.01. The number of hydrogen-bond donors (Lipinski definition) is 0. The minimum Gasteiger partial charge on any atom is -0.178 e. The molecule has 0 saturated heterocycles. The molecule has 0 rings (SSSR count). The van der Waals surface area contributed by atoms with E-state index in [2.05, 4.69) is 11.6 Å². The molecule has 8 heavy (non-hydrogen) atoms. The number of aliphatic imine (C=N–C) groups is 1. The van der Waals surface area contributed by atoms with Crippen molar-refractivity contribution in [1.29, 1.82) is 5.26 Å². The Morgan fingerprint density at radius 1 is 1.62 bits per heavy atom. The first-order valence-corrected chi connectivity index (χ1v) is 2.27. The highest BCUT2D eigenvalue weighted by molar-refractivity contribution is 5.97.